The zero-order valence-corrected chi connectivity index (χ0v) is 13.7. The van der Waals surface area contributed by atoms with Crippen LogP contribution < -0.4 is 5.32 Å². The molecule has 2 heterocycles. The summed E-state index contributed by atoms with van der Waals surface area (Å²) in [7, 11) is 2.19. The smallest absolute Gasteiger partial charge is 0.241 e. The summed E-state index contributed by atoms with van der Waals surface area (Å²) in [6, 6.07) is 0.550. The lowest BCUT2D eigenvalue weighted by molar-refractivity contribution is -0.134. The second kappa shape index (κ2) is 6.66. The van der Waals surface area contributed by atoms with E-state index in [1.165, 1.54) is 25.7 Å². The van der Waals surface area contributed by atoms with Gasteiger partial charge in [-0.1, -0.05) is 26.2 Å². The molecule has 3 fully saturated rings. The number of piperidine rings is 1. The highest BCUT2D eigenvalue weighted by molar-refractivity contribution is 5.84. The molecular weight excluding hydrogens is 262 g/mol. The Morgan fingerprint density at radius 2 is 1.81 bits per heavy atom. The van der Waals surface area contributed by atoms with Crippen LogP contribution in [0, 0.1) is 5.92 Å². The Bertz CT molecular complexity index is 359. The largest absolute Gasteiger partial charge is 0.322 e. The van der Waals surface area contributed by atoms with Gasteiger partial charge in [0.05, 0.1) is 12.2 Å². The molecule has 1 amide bonds. The molecule has 0 aromatic rings. The minimum absolute atomic E-state index is 0.0836. The van der Waals surface area contributed by atoms with Crippen LogP contribution in [0.25, 0.3) is 0 Å². The third-order valence-corrected chi connectivity index (χ3v) is 5.73. The van der Waals surface area contributed by atoms with Crippen molar-refractivity contribution in [3.8, 4) is 0 Å². The van der Waals surface area contributed by atoms with Gasteiger partial charge in [0.1, 0.15) is 0 Å². The van der Waals surface area contributed by atoms with Crippen LogP contribution in [0.3, 0.4) is 0 Å². The van der Waals surface area contributed by atoms with Crippen molar-refractivity contribution in [1.82, 2.24) is 15.1 Å². The third-order valence-electron chi connectivity index (χ3n) is 5.73. The molecule has 1 N–H and O–H groups in total. The molecule has 1 aliphatic carbocycles. The molecule has 1 saturated carbocycles. The molecule has 3 aliphatic rings. The van der Waals surface area contributed by atoms with Gasteiger partial charge in [-0.15, -0.1) is 0 Å². The number of carbonyl (C=O) groups is 1. The molecule has 0 radical (unpaired) electrons. The second-order valence-corrected chi connectivity index (χ2v) is 7.28. The van der Waals surface area contributed by atoms with Gasteiger partial charge in [0.25, 0.3) is 0 Å². The Labute approximate surface area is 129 Å². The van der Waals surface area contributed by atoms with Crippen molar-refractivity contribution < 1.29 is 4.79 Å². The minimum Gasteiger partial charge on any atom is -0.322 e. The van der Waals surface area contributed by atoms with E-state index < -0.39 is 0 Å². The molecule has 3 rings (SSSR count). The summed E-state index contributed by atoms with van der Waals surface area (Å²) in [5, 5.41) is 3.70. The van der Waals surface area contributed by atoms with Gasteiger partial charge in [-0.3, -0.25) is 10.1 Å². The standard InChI is InChI=1S/C17H31N3O/c1-3-6-15-17(21)20(14-9-11-19(2)12-10-14)16(18-15)13-7-4-5-8-13/h13-16,18H,3-12H2,1-2H3. The van der Waals surface area contributed by atoms with Crippen molar-refractivity contribution in [3.63, 3.8) is 0 Å². The summed E-state index contributed by atoms with van der Waals surface area (Å²) in [5.74, 6) is 1.08. The maximum absolute atomic E-state index is 12.9. The van der Waals surface area contributed by atoms with E-state index in [0.29, 0.717) is 24.0 Å². The number of rotatable bonds is 4. The monoisotopic (exact) mass is 293 g/mol. The first-order valence-corrected chi connectivity index (χ1v) is 8.97. The van der Waals surface area contributed by atoms with Gasteiger partial charge < -0.3 is 9.80 Å². The second-order valence-electron chi connectivity index (χ2n) is 7.28. The van der Waals surface area contributed by atoms with Crippen molar-refractivity contribution >= 4 is 5.91 Å². The fourth-order valence-corrected chi connectivity index (χ4v) is 4.49. The highest BCUT2D eigenvalue weighted by Crippen LogP contribution is 2.35. The maximum Gasteiger partial charge on any atom is 0.241 e. The Morgan fingerprint density at radius 3 is 2.43 bits per heavy atom. The number of hydrogen-bond acceptors (Lipinski definition) is 3. The summed E-state index contributed by atoms with van der Waals surface area (Å²) in [6.07, 6.45) is 9.98. The molecule has 21 heavy (non-hydrogen) atoms. The zero-order valence-electron chi connectivity index (χ0n) is 13.7. The van der Waals surface area contributed by atoms with E-state index in [2.05, 4.69) is 29.1 Å². The quantitative estimate of drug-likeness (QED) is 0.863. The number of hydrogen-bond donors (Lipinski definition) is 1. The van der Waals surface area contributed by atoms with E-state index in [9.17, 15) is 4.79 Å². The van der Waals surface area contributed by atoms with E-state index in [4.69, 9.17) is 0 Å². The molecule has 2 aliphatic heterocycles. The molecule has 4 nitrogen and oxygen atoms in total. The van der Waals surface area contributed by atoms with Crippen molar-refractivity contribution in [3.05, 3.63) is 0 Å². The van der Waals surface area contributed by atoms with E-state index in [0.717, 1.165) is 38.8 Å². The van der Waals surface area contributed by atoms with E-state index >= 15 is 0 Å². The Hall–Kier alpha value is -0.610. The number of likely N-dealkylation sites (tertiary alicyclic amines) is 1. The molecule has 2 unspecified atom stereocenters. The number of nitrogens with zero attached hydrogens (tertiary/aromatic N) is 2. The molecule has 2 saturated heterocycles. The normalized spacial score (nSPS) is 33.2. The van der Waals surface area contributed by atoms with E-state index in [-0.39, 0.29) is 6.04 Å². The molecule has 0 spiro atoms. The van der Waals surface area contributed by atoms with Gasteiger partial charge in [0.2, 0.25) is 5.91 Å². The minimum atomic E-state index is 0.0836. The van der Waals surface area contributed by atoms with E-state index in [1.807, 2.05) is 0 Å². The molecule has 4 heteroatoms. The lowest BCUT2D eigenvalue weighted by Gasteiger charge is -2.39. The fraction of sp³-hybridized carbons (Fsp3) is 0.941. The van der Waals surface area contributed by atoms with Crippen LogP contribution in [0.15, 0.2) is 0 Å². The van der Waals surface area contributed by atoms with Crippen LogP contribution >= 0.6 is 0 Å². The zero-order chi connectivity index (χ0) is 14.8. The molecule has 0 aromatic carbocycles. The van der Waals surface area contributed by atoms with Gasteiger partial charge in [-0.25, -0.2) is 0 Å². The van der Waals surface area contributed by atoms with Crippen LogP contribution in [-0.4, -0.2) is 54.1 Å². The van der Waals surface area contributed by atoms with Crippen LogP contribution in [-0.2, 0) is 4.79 Å². The lowest BCUT2D eigenvalue weighted by atomic mass is 9.98. The van der Waals surface area contributed by atoms with Crippen molar-refractivity contribution in [2.45, 2.75) is 76.5 Å². The third kappa shape index (κ3) is 3.11. The Morgan fingerprint density at radius 1 is 1.14 bits per heavy atom. The first-order valence-electron chi connectivity index (χ1n) is 8.97. The average molecular weight is 293 g/mol. The molecule has 120 valence electrons. The van der Waals surface area contributed by atoms with Crippen LogP contribution in [0.2, 0.25) is 0 Å². The highest BCUT2D eigenvalue weighted by Gasteiger charge is 2.45. The lowest BCUT2D eigenvalue weighted by Crippen LogP contribution is -2.51. The van der Waals surface area contributed by atoms with Crippen LogP contribution in [0.1, 0.15) is 58.3 Å². The predicted octanol–water partition coefficient (Wildman–Crippen LogP) is 2.20. The summed E-state index contributed by atoms with van der Waals surface area (Å²) >= 11 is 0. The first-order chi connectivity index (χ1) is 10.2. The van der Waals surface area contributed by atoms with Gasteiger partial charge >= 0.3 is 0 Å². The van der Waals surface area contributed by atoms with Gasteiger partial charge in [-0.05, 0) is 58.2 Å². The van der Waals surface area contributed by atoms with Crippen molar-refractivity contribution in [2.75, 3.05) is 20.1 Å². The first kappa shape index (κ1) is 15.3. The number of amides is 1. The topological polar surface area (TPSA) is 35.6 Å². The Balaban J connectivity index is 1.74. The number of carbonyl (C=O) groups excluding carboxylic acids is 1. The fourth-order valence-electron chi connectivity index (χ4n) is 4.49. The molecule has 2 atom stereocenters. The SMILES string of the molecule is CCCC1NC(C2CCCC2)N(C2CCN(C)CC2)C1=O. The van der Waals surface area contributed by atoms with Crippen molar-refractivity contribution in [1.29, 1.82) is 0 Å². The van der Waals surface area contributed by atoms with Gasteiger partial charge in [0.15, 0.2) is 0 Å². The van der Waals surface area contributed by atoms with Gasteiger partial charge in [-0.2, -0.15) is 0 Å². The van der Waals surface area contributed by atoms with E-state index in [1.54, 1.807) is 0 Å². The molecular formula is C17H31N3O. The molecule has 0 aromatic heterocycles. The van der Waals surface area contributed by atoms with Crippen LogP contribution in [0.5, 0.6) is 0 Å². The summed E-state index contributed by atoms with van der Waals surface area (Å²) in [4.78, 5) is 17.6. The predicted molar refractivity (Wildman–Crippen MR) is 84.9 cm³/mol. The number of nitrogens with one attached hydrogen (secondary N) is 1. The average Bonchev–Trinajstić information content (AvgIpc) is 3.10. The highest BCUT2D eigenvalue weighted by atomic mass is 16.2. The Kier molecular flexibility index (Phi) is 4.85. The summed E-state index contributed by atoms with van der Waals surface area (Å²) < 4.78 is 0. The van der Waals surface area contributed by atoms with Gasteiger partial charge in [0, 0.05) is 6.04 Å². The van der Waals surface area contributed by atoms with Crippen LogP contribution in [0.4, 0.5) is 0 Å². The maximum atomic E-state index is 12.9. The summed E-state index contributed by atoms with van der Waals surface area (Å²) in [5.41, 5.74) is 0. The van der Waals surface area contributed by atoms with Crippen molar-refractivity contribution in [2.24, 2.45) is 5.92 Å². The summed E-state index contributed by atoms with van der Waals surface area (Å²) in [6.45, 7) is 4.44. The molecule has 0 bridgehead atoms.